The lowest BCUT2D eigenvalue weighted by Crippen LogP contribution is -1.80. The lowest BCUT2D eigenvalue weighted by Gasteiger charge is -1.79. The molecular formula is C5H10O2. The highest BCUT2D eigenvalue weighted by Gasteiger charge is 1.60. The van der Waals surface area contributed by atoms with Crippen molar-refractivity contribution in [1.82, 2.24) is 0 Å². The fraction of sp³-hybridized carbons (Fsp3) is 0.400. The van der Waals surface area contributed by atoms with Gasteiger partial charge in [0.2, 0.25) is 0 Å². The molecule has 2 nitrogen and oxygen atoms in total. The summed E-state index contributed by atoms with van der Waals surface area (Å²) in [5, 5.41) is 0. The molecule has 0 aliphatic heterocycles. The monoisotopic (exact) mass is 102 g/mol. The zero-order valence-electron chi connectivity index (χ0n) is 4.52. The summed E-state index contributed by atoms with van der Waals surface area (Å²) < 4.78 is 4.15. The molecule has 0 N–H and O–H groups in total. The fourth-order valence-electron chi connectivity index (χ4n) is 0.0680. The van der Waals surface area contributed by atoms with Crippen molar-refractivity contribution >= 4 is 6.47 Å². The highest BCUT2D eigenvalue weighted by Crippen LogP contribution is 1.55. The molecule has 0 fully saturated rings. The molecule has 0 saturated carbocycles. The van der Waals surface area contributed by atoms with Gasteiger partial charge < -0.3 is 4.74 Å². The molecule has 0 unspecified atom stereocenters. The smallest absolute Gasteiger partial charge is 0.293 e. The summed E-state index contributed by atoms with van der Waals surface area (Å²) in [4.78, 5) is 9.18. The molecular weight excluding hydrogens is 92.1 g/mol. The van der Waals surface area contributed by atoms with Crippen LogP contribution in [0, 0.1) is 0 Å². The van der Waals surface area contributed by atoms with Crippen LogP contribution in [0.4, 0.5) is 0 Å². The standard InChI is InChI=1S/C3H6O2.C2H4/c1-2-5-3-4;1-2/h3H,2H2,1H3;1-2H2. The number of rotatable bonds is 2. The van der Waals surface area contributed by atoms with Crippen LogP contribution in [0.5, 0.6) is 0 Å². The van der Waals surface area contributed by atoms with E-state index in [1.807, 2.05) is 0 Å². The summed E-state index contributed by atoms with van der Waals surface area (Å²) in [6.45, 7) is 8.66. The minimum atomic E-state index is 0.431. The second kappa shape index (κ2) is 18.9. The van der Waals surface area contributed by atoms with E-state index in [4.69, 9.17) is 0 Å². The first-order valence-electron chi connectivity index (χ1n) is 1.97. The van der Waals surface area contributed by atoms with Crippen LogP contribution in [-0.2, 0) is 9.53 Å². The molecule has 2 heteroatoms. The van der Waals surface area contributed by atoms with Gasteiger partial charge in [0.15, 0.2) is 0 Å². The Balaban J connectivity index is 0. The van der Waals surface area contributed by atoms with Gasteiger partial charge in [-0.2, -0.15) is 0 Å². The Morgan fingerprint density at radius 1 is 1.71 bits per heavy atom. The Morgan fingerprint density at radius 3 is 2.14 bits per heavy atom. The van der Waals surface area contributed by atoms with E-state index in [1.165, 1.54) is 0 Å². The number of hydrogen-bond acceptors (Lipinski definition) is 2. The average molecular weight is 102 g/mol. The molecule has 0 amide bonds. The van der Waals surface area contributed by atoms with Crippen LogP contribution in [0.3, 0.4) is 0 Å². The molecule has 42 valence electrons. The third-order valence-corrected chi connectivity index (χ3v) is 0.235. The van der Waals surface area contributed by atoms with Gasteiger partial charge in [0.25, 0.3) is 6.47 Å². The molecule has 0 spiro atoms. The summed E-state index contributed by atoms with van der Waals surface area (Å²) in [5.41, 5.74) is 0. The Kier molecular flexibility index (Phi) is 25.7. The molecule has 0 bridgehead atoms. The number of hydrogen-bond donors (Lipinski definition) is 0. The van der Waals surface area contributed by atoms with Gasteiger partial charge in [-0.3, -0.25) is 4.79 Å². The highest BCUT2D eigenvalue weighted by atomic mass is 16.5. The van der Waals surface area contributed by atoms with E-state index in [0.29, 0.717) is 13.1 Å². The predicted molar refractivity (Wildman–Crippen MR) is 28.9 cm³/mol. The van der Waals surface area contributed by atoms with Crippen LogP contribution in [0.1, 0.15) is 6.92 Å². The molecule has 7 heavy (non-hydrogen) atoms. The van der Waals surface area contributed by atoms with Crippen molar-refractivity contribution in [1.29, 1.82) is 0 Å². The third kappa shape index (κ3) is 36.7. The zero-order valence-corrected chi connectivity index (χ0v) is 4.52. The second-order valence-electron chi connectivity index (χ2n) is 0.552. The first-order chi connectivity index (χ1) is 3.41. The van der Waals surface area contributed by atoms with Gasteiger partial charge in [-0.25, -0.2) is 0 Å². The molecule has 0 aliphatic carbocycles. The summed E-state index contributed by atoms with van der Waals surface area (Å²) in [7, 11) is 0. The van der Waals surface area contributed by atoms with Gasteiger partial charge in [0.05, 0.1) is 6.61 Å². The molecule has 0 saturated heterocycles. The second-order valence-corrected chi connectivity index (χ2v) is 0.552. The maximum atomic E-state index is 9.18. The summed E-state index contributed by atoms with van der Waals surface area (Å²) in [6.07, 6.45) is 0. The Labute approximate surface area is 43.8 Å². The molecule has 0 aromatic rings. The zero-order chi connectivity index (χ0) is 6.12. The first-order valence-corrected chi connectivity index (χ1v) is 1.97. The van der Waals surface area contributed by atoms with E-state index < -0.39 is 0 Å². The maximum absolute atomic E-state index is 9.18. The van der Waals surface area contributed by atoms with Crippen LogP contribution in [-0.4, -0.2) is 13.1 Å². The normalized spacial score (nSPS) is 5.29. The quantitative estimate of drug-likeness (QED) is 0.384. The van der Waals surface area contributed by atoms with Crippen molar-refractivity contribution in [3.05, 3.63) is 13.2 Å². The largest absolute Gasteiger partial charge is 0.468 e. The van der Waals surface area contributed by atoms with Crippen molar-refractivity contribution in [2.75, 3.05) is 6.61 Å². The van der Waals surface area contributed by atoms with Crippen LogP contribution in [0.15, 0.2) is 13.2 Å². The average Bonchev–Trinajstić information content (AvgIpc) is 1.75. The third-order valence-electron chi connectivity index (χ3n) is 0.235. The molecule has 0 atom stereocenters. The lowest BCUT2D eigenvalue weighted by atomic mass is 10.9. The number of carbonyl (C=O) groups excluding carboxylic acids is 1. The molecule has 0 rings (SSSR count). The summed E-state index contributed by atoms with van der Waals surface area (Å²) in [6, 6.07) is 0. The van der Waals surface area contributed by atoms with E-state index in [1.54, 1.807) is 6.92 Å². The van der Waals surface area contributed by atoms with Gasteiger partial charge in [-0.15, -0.1) is 13.2 Å². The molecule has 0 heterocycles. The molecule has 0 aromatic heterocycles. The number of carbonyl (C=O) groups is 1. The maximum Gasteiger partial charge on any atom is 0.293 e. The van der Waals surface area contributed by atoms with Gasteiger partial charge >= 0.3 is 0 Å². The van der Waals surface area contributed by atoms with Gasteiger partial charge in [-0.05, 0) is 6.92 Å². The van der Waals surface area contributed by atoms with E-state index in [-0.39, 0.29) is 0 Å². The molecule has 0 radical (unpaired) electrons. The van der Waals surface area contributed by atoms with Crippen LogP contribution in [0.2, 0.25) is 0 Å². The van der Waals surface area contributed by atoms with E-state index in [2.05, 4.69) is 17.9 Å². The lowest BCUT2D eigenvalue weighted by molar-refractivity contribution is -0.128. The van der Waals surface area contributed by atoms with Gasteiger partial charge in [0, 0.05) is 0 Å². The van der Waals surface area contributed by atoms with E-state index in [9.17, 15) is 4.79 Å². The first kappa shape index (κ1) is 9.51. The van der Waals surface area contributed by atoms with Gasteiger partial charge in [0.1, 0.15) is 0 Å². The van der Waals surface area contributed by atoms with Crippen molar-refractivity contribution < 1.29 is 9.53 Å². The van der Waals surface area contributed by atoms with Crippen LogP contribution < -0.4 is 0 Å². The van der Waals surface area contributed by atoms with Crippen molar-refractivity contribution in [3.63, 3.8) is 0 Å². The minimum absolute atomic E-state index is 0.431. The fourth-order valence-corrected chi connectivity index (χ4v) is 0.0680. The molecule has 0 aliphatic rings. The van der Waals surface area contributed by atoms with Crippen LogP contribution >= 0.6 is 0 Å². The van der Waals surface area contributed by atoms with Gasteiger partial charge in [-0.1, -0.05) is 0 Å². The topological polar surface area (TPSA) is 26.3 Å². The minimum Gasteiger partial charge on any atom is -0.468 e. The Hall–Kier alpha value is -0.790. The van der Waals surface area contributed by atoms with Crippen molar-refractivity contribution in [2.45, 2.75) is 6.92 Å². The van der Waals surface area contributed by atoms with Crippen LogP contribution in [0.25, 0.3) is 0 Å². The predicted octanol–water partition coefficient (Wildman–Crippen LogP) is 0.982. The number of ether oxygens (including phenoxy) is 1. The Morgan fingerprint density at radius 2 is 2.14 bits per heavy atom. The Bertz CT molecular complexity index is 35.1. The van der Waals surface area contributed by atoms with Crippen molar-refractivity contribution in [3.8, 4) is 0 Å². The SMILES string of the molecule is C=C.CCOC=O. The van der Waals surface area contributed by atoms with E-state index >= 15 is 0 Å². The van der Waals surface area contributed by atoms with Crippen molar-refractivity contribution in [2.24, 2.45) is 0 Å². The highest BCUT2D eigenvalue weighted by molar-refractivity contribution is 5.36. The van der Waals surface area contributed by atoms with E-state index in [0.717, 1.165) is 0 Å². The summed E-state index contributed by atoms with van der Waals surface area (Å²) in [5.74, 6) is 0. The summed E-state index contributed by atoms with van der Waals surface area (Å²) >= 11 is 0. The molecule has 0 aromatic carbocycles.